The Morgan fingerprint density at radius 2 is 2.35 bits per heavy atom. The molecule has 0 aromatic rings. The van der Waals surface area contributed by atoms with Gasteiger partial charge in [0.1, 0.15) is 0 Å². The highest BCUT2D eigenvalue weighted by molar-refractivity contribution is 5.67. The Labute approximate surface area is 118 Å². The van der Waals surface area contributed by atoms with Crippen LogP contribution < -0.4 is 0 Å². The van der Waals surface area contributed by atoms with Crippen molar-refractivity contribution in [1.82, 2.24) is 9.80 Å². The van der Waals surface area contributed by atoms with Crippen LogP contribution in [0.4, 0.5) is 4.79 Å². The summed E-state index contributed by atoms with van der Waals surface area (Å²) in [5.74, 6) is 0.292. The Hall–Kier alpha value is -2.04. The van der Waals surface area contributed by atoms with Crippen molar-refractivity contribution in [2.75, 3.05) is 26.7 Å². The van der Waals surface area contributed by atoms with Crippen LogP contribution >= 0.6 is 0 Å². The van der Waals surface area contributed by atoms with E-state index in [0.717, 1.165) is 24.8 Å². The van der Waals surface area contributed by atoms with E-state index in [2.05, 4.69) is 18.2 Å². The predicted molar refractivity (Wildman–Crippen MR) is 76.3 cm³/mol. The Morgan fingerprint density at radius 3 is 3.05 bits per heavy atom. The summed E-state index contributed by atoms with van der Waals surface area (Å²) in [5.41, 5.74) is 2.35. The number of allylic oxidation sites excluding steroid dienone is 2. The van der Waals surface area contributed by atoms with Gasteiger partial charge in [-0.2, -0.15) is 0 Å². The van der Waals surface area contributed by atoms with Crippen LogP contribution in [0.1, 0.15) is 12.8 Å². The minimum absolute atomic E-state index is 0.292. The molecule has 5 heteroatoms. The van der Waals surface area contributed by atoms with E-state index in [1.165, 1.54) is 10.5 Å². The van der Waals surface area contributed by atoms with Crippen molar-refractivity contribution in [2.24, 2.45) is 5.92 Å². The van der Waals surface area contributed by atoms with Crippen molar-refractivity contribution < 1.29 is 14.7 Å². The number of nitrogens with zero attached hydrogens (tertiary/aromatic N) is 2. The zero-order valence-electron chi connectivity index (χ0n) is 11.7. The number of carbonyl (C=O) groups is 2. The van der Waals surface area contributed by atoms with Crippen LogP contribution in [0.5, 0.6) is 0 Å². The van der Waals surface area contributed by atoms with E-state index >= 15 is 0 Å². The van der Waals surface area contributed by atoms with Crippen LogP contribution in [0.15, 0.2) is 35.5 Å². The van der Waals surface area contributed by atoms with E-state index < -0.39 is 6.09 Å². The number of hydrogen-bond acceptors (Lipinski definition) is 2. The maximum Gasteiger partial charge on any atom is 0.407 e. The Kier molecular flexibility index (Phi) is 4.61. The van der Waals surface area contributed by atoms with Crippen molar-refractivity contribution >= 4 is 12.5 Å². The maximum absolute atomic E-state index is 11.0. The molecule has 0 saturated carbocycles. The summed E-state index contributed by atoms with van der Waals surface area (Å²) in [6.07, 6.45) is 10.1. The molecule has 1 aliphatic heterocycles. The lowest BCUT2D eigenvalue weighted by atomic mass is 9.88. The number of carboxylic acid groups (broad SMARTS) is 1. The zero-order valence-corrected chi connectivity index (χ0v) is 11.7. The first-order chi connectivity index (χ1) is 9.61. The van der Waals surface area contributed by atoms with Gasteiger partial charge in [0, 0.05) is 32.6 Å². The monoisotopic (exact) mass is 276 g/mol. The molecule has 1 unspecified atom stereocenters. The van der Waals surface area contributed by atoms with Gasteiger partial charge in [-0.15, -0.1) is 0 Å². The molecule has 108 valence electrons. The van der Waals surface area contributed by atoms with Crippen LogP contribution in [0.2, 0.25) is 0 Å². The Morgan fingerprint density at radius 1 is 1.55 bits per heavy atom. The summed E-state index contributed by atoms with van der Waals surface area (Å²) in [5, 5.41) is 9.07. The molecular weight excluding hydrogens is 256 g/mol. The first-order valence-electron chi connectivity index (χ1n) is 6.80. The SMILES string of the molecule is CN(C=O)CCC=CC1CC=CC2=C1CN(C(=O)O)C2. The summed E-state index contributed by atoms with van der Waals surface area (Å²) in [4.78, 5) is 24.6. The number of amides is 2. The highest BCUT2D eigenvalue weighted by Gasteiger charge is 2.29. The third-order valence-corrected chi connectivity index (χ3v) is 3.76. The zero-order chi connectivity index (χ0) is 14.5. The summed E-state index contributed by atoms with van der Waals surface area (Å²) < 4.78 is 0. The highest BCUT2D eigenvalue weighted by Crippen LogP contribution is 2.32. The van der Waals surface area contributed by atoms with Gasteiger partial charge in [-0.1, -0.05) is 24.3 Å². The third-order valence-electron chi connectivity index (χ3n) is 3.76. The first kappa shape index (κ1) is 14.4. The van der Waals surface area contributed by atoms with Gasteiger partial charge < -0.3 is 14.9 Å². The summed E-state index contributed by atoms with van der Waals surface area (Å²) in [7, 11) is 1.76. The largest absolute Gasteiger partial charge is 0.465 e. The minimum Gasteiger partial charge on any atom is -0.465 e. The van der Waals surface area contributed by atoms with Gasteiger partial charge in [-0.25, -0.2) is 4.79 Å². The van der Waals surface area contributed by atoms with E-state index in [1.807, 2.05) is 6.08 Å². The minimum atomic E-state index is -0.858. The fraction of sp³-hybridized carbons (Fsp3) is 0.467. The molecule has 0 fully saturated rings. The topological polar surface area (TPSA) is 60.9 Å². The second-order valence-electron chi connectivity index (χ2n) is 5.24. The molecule has 2 aliphatic rings. The van der Waals surface area contributed by atoms with E-state index in [1.54, 1.807) is 11.9 Å². The lowest BCUT2D eigenvalue weighted by Gasteiger charge is -2.18. The molecule has 0 bridgehead atoms. The molecule has 2 amide bonds. The molecule has 1 atom stereocenters. The van der Waals surface area contributed by atoms with Crippen LogP contribution in [0.3, 0.4) is 0 Å². The predicted octanol–water partition coefficient (Wildman–Crippen LogP) is 1.89. The first-order valence-corrected chi connectivity index (χ1v) is 6.80. The van der Waals surface area contributed by atoms with Gasteiger partial charge >= 0.3 is 6.09 Å². The van der Waals surface area contributed by atoms with E-state index in [-0.39, 0.29) is 0 Å². The van der Waals surface area contributed by atoms with Crippen molar-refractivity contribution in [2.45, 2.75) is 12.8 Å². The van der Waals surface area contributed by atoms with Gasteiger partial charge in [-0.3, -0.25) is 4.79 Å². The quantitative estimate of drug-likeness (QED) is 0.616. The van der Waals surface area contributed by atoms with Crippen LogP contribution in [0, 0.1) is 5.92 Å². The summed E-state index contributed by atoms with van der Waals surface area (Å²) >= 11 is 0. The summed E-state index contributed by atoms with van der Waals surface area (Å²) in [6, 6.07) is 0. The van der Waals surface area contributed by atoms with Crippen molar-refractivity contribution in [3.63, 3.8) is 0 Å². The molecule has 1 heterocycles. The van der Waals surface area contributed by atoms with Crippen molar-refractivity contribution in [1.29, 1.82) is 0 Å². The van der Waals surface area contributed by atoms with Crippen LogP contribution in [-0.2, 0) is 4.79 Å². The molecule has 0 spiro atoms. The molecule has 0 saturated heterocycles. The molecule has 20 heavy (non-hydrogen) atoms. The molecule has 2 rings (SSSR count). The fourth-order valence-electron chi connectivity index (χ4n) is 2.61. The molecule has 0 aromatic heterocycles. The lowest BCUT2D eigenvalue weighted by molar-refractivity contribution is -0.116. The molecular formula is C15H20N2O3. The number of hydrogen-bond donors (Lipinski definition) is 1. The lowest BCUT2D eigenvalue weighted by Crippen LogP contribution is -2.27. The van der Waals surface area contributed by atoms with E-state index in [0.29, 0.717) is 25.6 Å². The molecule has 1 aliphatic carbocycles. The Bertz CT molecular complexity index is 480. The standard InChI is InChI=1S/C15H20N2O3/c1-16(11-18)8-3-2-5-12-6-4-7-13-9-17(15(19)20)10-14(12)13/h2,4-5,7,11-12H,3,6,8-10H2,1H3,(H,19,20). The van der Waals surface area contributed by atoms with E-state index in [4.69, 9.17) is 5.11 Å². The van der Waals surface area contributed by atoms with Gasteiger partial charge in [0.2, 0.25) is 6.41 Å². The van der Waals surface area contributed by atoms with Gasteiger partial charge in [0.05, 0.1) is 0 Å². The summed E-state index contributed by atoms with van der Waals surface area (Å²) in [6.45, 7) is 1.72. The third kappa shape index (κ3) is 3.29. The molecule has 5 nitrogen and oxygen atoms in total. The molecule has 1 N–H and O–H groups in total. The number of rotatable bonds is 5. The molecule has 0 aromatic carbocycles. The van der Waals surface area contributed by atoms with Gasteiger partial charge in [0.25, 0.3) is 0 Å². The normalized spacial score (nSPS) is 21.4. The van der Waals surface area contributed by atoms with Crippen LogP contribution in [0.25, 0.3) is 0 Å². The van der Waals surface area contributed by atoms with Crippen LogP contribution in [-0.4, -0.2) is 54.1 Å². The fourth-order valence-corrected chi connectivity index (χ4v) is 2.61. The molecule has 0 radical (unpaired) electrons. The average Bonchev–Trinajstić information content (AvgIpc) is 2.88. The van der Waals surface area contributed by atoms with Crippen molar-refractivity contribution in [3.8, 4) is 0 Å². The smallest absolute Gasteiger partial charge is 0.407 e. The van der Waals surface area contributed by atoms with Gasteiger partial charge in [-0.05, 0) is 24.0 Å². The average molecular weight is 276 g/mol. The highest BCUT2D eigenvalue weighted by atomic mass is 16.4. The van der Waals surface area contributed by atoms with E-state index in [9.17, 15) is 9.59 Å². The Balaban J connectivity index is 1.93. The second-order valence-corrected chi connectivity index (χ2v) is 5.24. The second kappa shape index (κ2) is 6.41. The van der Waals surface area contributed by atoms with Crippen molar-refractivity contribution in [3.05, 3.63) is 35.5 Å². The number of carbonyl (C=O) groups excluding carboxylic acids is 1. The van der Waals surface area contributed by atoms with Gasteiger partial charge in [0.15, 0.2) is 0 Å². The maximum atomic E-state index is 11.0.